The summed E-state index contributed by atoms with van der Waals surface area (Å²) in [6, 6.07) is 8.39. The van der Waals surface area contributed by atoms with Crippen molar-refractivity contribution in [2.75, 3.05) is 58.4 Å². The molecule has 15 heteroatoms. The Balaban J connectivity index is 1.28. The monoisotopic (exact) mass is 657 g/mol. The second-order valence-corrected chi connectivity index (χ2v) is 18.4. The van der Waals surface area contributed by atoms with Crippen LogP contribution in [0.2, 0.25) is 25.7 Å². The molecule has 1 aliphatic rings. The third-order valence-electron chi connectivity index (χ3n) is 8.36. The molecule has 6 heterocycles. The van der Waals surface area contributed by atoms with Gasteiger partial charge in [-0.05, 0) is 18.2 Å². The van der Waals surface area contributed by atoms with Crippen LogP contribution < -0.4 is 15.8 Å². The molecule has 0 radical (unpaired) electrons. The van der Waals surface area contributed by atoms with Gasteiger partial charge in [0.2, 0.25) is 0 Å². The van der Waals surface area contributed by atoms with Crippen molar-refractivity contribution >= 4 is 41.5 Å². The molecule has 0 amide bonds. The second kappa shape index (κ2) is 12.9. The van der Waals surface area contributed by atoms with E-state index in [9.17, 15) is 4.79 Å². The van der Waals surface area contributed by atoms with Crippen molar-refractivity contribution in [2.24, 2.45) is 0 Å². The highest BCUT2D eigenvalue weighted by Crippen LogP contribution is 2.35. The zero-order valence-electron chi connectivity index (χ0n) is 27.1. The fourth-order valence-electron chi connectivity index (χ4n) is 5.70. The van der Waals surface area contributed by atoms with Crippen LogP contribution in [-0.2, 0) is 16.2 Å². The first-order valence-corrected chi connectivity index (χ1v) is 19.5. The highest BCUT2D eigenvalue weighted by Gasteiger charge is 2.22. The number of benzene rings is 1. The van der Waals surface area contributed by atoms with E-state index in [0.29, 0.717) is 52.8 Å². The van der Waals surface area contributed by atoms with Gasteiger partial charge in [-0.25, -0.2) is 23.5 Å². The van der Waals surface area contributed by atoms with E-state index in [4.69, 9.17) is 28.7 Å². The number of oxazole rings is 1. The maximum atomic E-state index is 12.9. The van der Waals surface area contributed by atoms with Crippen molar-refractivity contribution in [1.29, 1.82) is 0 Å². The van der Waals surface area contributed by atoms with Crippen LogP contribution in [0.1, 0.15) is 0 Å². The van der Waals surface area contributed by atoms with Gasteiger partial charge in [0.1, 0.15) is 18.2 Å². The van der Waals surface area contributed by atoms with Crippen molar-refractivity contribution in [2.45, 2.75) is 32.4 Å². The van der Waals surface area contributed by atoms with Gasteiger partial charge in [0.05, 0.1) is 54.2 Å². The molecule has 6 aromatic rings. The molecule has 47 heavy (non-hydrogen) atoms. The molecule has 1 aliphatic heterocycles. The Morgan fingerprint density at radius 3 is 2.72 bits per heavy atom. The molecule has 1 fully saturated rings. The quantitative estimate of drug-likeness (QED) is 0.150. The van der Waals surface area contributed by atoms with E-state index >= 15 is 0 Å². The molecule has 1 aromatic carbocycles. The molecule has 5 aromatic heterocycles. The number of aromatic nitrogens is 7. The summed E-state index contributed by atoms with van der Waals surface area (Å²) in [5.74, 6) is 0.715. The molecule has 7 rings (SSSR count). The lowest BCUT2D eigenvalue weighted by molar-refractivity contribution is 0.0398. The minimum atomic E-state index is -1.27. The lowest BCUT2D eigenvalue weighted by atomic mass is 10.2. The number of hydrogen-bond donors (Lipinski definition) is 1. The summed E-state index contributed by atoms with van der Waals surface area (Å²) in [4.78, 5) is 24.6. The number of fused-ring (bicyclic) bond motifs is 3. The number of hydrogen-bond acceptors (Lipinski definition) is 11. The van der Waals surface area contributed by atoms with Gasteiger partial charge in [-0.2, -0.15) is 5.10 Å². The molecule has 0 unspecified atom stereocenters. The molecular weight excluding hydrogens is 618 g/mol. The van der Waals surface area contributed by atoms with Crippen LogP contribution in [0, 0.1) is 0 Å². The van der Waals surface area contributed by atoms with E-state index in [1.54, 1.807) is 40.8 Å². The Morgan fingerprint density at radius 1 is 1.06 bits per heavy atom. The van der Waals surface area contributed by atoms with E-state index in [0.717, 1.165) is 55.4 Å². The highest BCUT2D eigenvalue weighted by atomic mass is 28.3. The number of rotatable bonds is 12. The Bertz CT molecular complexity index is 2090. The maximum absolute atomic E-state index is 12.9. The molecule has 0 aliphatic carbocycles. The zero-order valence-corrected chi connectivity index (χ0v) is 28.1. The lowest BCUT2D eigenvalue weighted by Gasteiger charge is -2.26. The standard InChI is InChI=1S/C32H39N9O5Si/c1-43-28-17-26-29(46-32(42)39(26)21-45-14-15-47(2,3)4)18-27(28)41-25-16-24(22-20-36-40-8-5-6-34-31(22)40)35-19-23(25)30(37-41)33-7-9-38-10-12-44-13-11-38/h5-6,8,16-20H,7,9-15,21H2,1-4H3,(H,33,37). The van der Waals surface area contributed by atoms with Crippen LogP contribution in [0.4, 0.5) is 5.82 Å². The smallest absolute Gasteiger partial charge is 0.421 e. The topological polar surface area (TPSA) is 139 Å². The average Bonchev–Trinajstić information content (AvgIpc) is 3.75. The minimum absolute atomic E-state index is 0.101. The van der Waals surface area contributed by atoms with Crippen LogP contribution in [0.5, 0.6) is 5.75 Å². The van der Waals surface area contributed by atoms with Gasteiger partial charge in [-0.1, -0.05) is 19.6 Å². The predicted octanol–water partition coefficient (Wildman–Crippen LogP) is 4.10. The maximum Gasteiger partial charge on any atom is 0.421 e. The van der Waals surface area contributed by atoms with Crippen molar-refractivity contribution in [3.8, 4) is 22.7 Å². The SMILES string of the molecule is COc1cc2c(cc1-n1nc(NCCN3CCOCC3)c3cnc(-c4cnn5cccnc45)cc31)oc(=O)n2COCC[Si](C)(C)C. The number of methoxy groups -OCH3 is 1. The van der Waals surface area contributed by atoms with Crippen LogP contribution in [0.25, 0.3) is 44.6 Å². The Hall–Kier alpha value is -4.57. The number of nitrogens with zero attached hydrogens (tertiary/aromatic N) is 8. The van der Waals surface area contributed by atoms with Crippen molar-refractivity contribution < 1.29 is 18.6 Å². The Kier molecular flexibility index (Phi) is 8.53. The number of morpholine rings is 1. The summed E-state index contributed by atoms with van der Waals surface area (Å²) in [5, 5.41) is 13.8. The van der Waals surface area contributed by atoms with Gasteiger partial charge < -0.3 is 23.9 Å². The fourth-order valence-corrected chi connectivity index (χ4v) is 6.46. The van der Waals surface area contributed by atoms with Gasteiger partial charge in [-0.3, -0.25) is 9.88 Å². The molecular formula is C32H39N9O5Si. The van der Waals surface area contributed by atoms with Crippen molar-refractivity contribution in [3.63, 3.8) is 0 Å². The molecule has 0 spiro atoms. The van der Waals surface area contributed by atoms with Gasteiger partial charge in [0.25, 0.3) is 0 Å². The van der Waals surface area contributed by atoms with E-state index in [1.807, 2.05) is 24.5 Å². The van der Waals surface area contributed by atoms with Crippen LogP contribution in [-0.4, -0.2) is 100 Å². The summed E-state index contributed by atoms with van der Waals surface area (Å²) in [6.45, 7) is 12.4. The van der Waals surface area contributed by atoms with Crippen molar-refractivity contribution in [1.82, 2.24) is 38.8 Å². The van der Waals surface area contributed by atoms with E-state index in [2.05, 4.69) is 39.9 Å². The Labute approximate surface area is 271 Å². The third kappa shape index (κ3) is 6.39. The third-order valence-corrected chi connectivity index (χ3v) is 10.1. The molecule has 246 valence electrons. The Morgan fingerprint density at radius 2 is 1.91 bits per heavy atom. The summed E-state index contributed by atoms with van der Waals surface area (Å²) >= 11 is 0. The number of ether oxygens (including phenoxy) is 3. The molecule has 0 atom stereocenters. The largest absolute Gasteiger partial charge is 0.494 e. The number of anilines is 1. The molecule has 0 bridgehead atoms. The van der Waals surface area contributed by atoms with Gasteiger partial charge >= 0.3 is 5.76 Å². The van der Waals surface area contributed by atoms with Crippen molar-refractivity contribution in [3.05, 3.63) is 59.6 Å². The van der Waals surface area contributed by atoms with Gasteiger partial charge in [-0.15, -0.1) is 5.10 Å². The second-order valence-electron chi connectivity index (χ2n) is 12.8. The summed E-state index contributed by atoms with van der Waals surface area (Å²) in [7, 11) is 0.329. The fraction of sp³-hybridized carbons (Fsp3) is 0.406. The summed E-state index contributed by atoms with van der Waals surface area (Å²) in [5.41, 5.74) is 4.58. The normalized spacial score (nSPS) is 14.5. The predicted molar refractivity (Wildman–Crippen MR) is 181 cm³/mol. The molecule has 0 saturated carbocycles. The molecule has 1 N–H and O–H groups in total. The van der Waals surface area contributed by atoms with Crippen LogP contribution in [0.15, 0.2) is 58.3 Å². The van der Waals surface area contributed by atoms with E-state index in [1.165, 1.54) is 4.57 Å². The van der Waals surface area contributed by atoms with Crippen LogP contribution in [0.3, 0.4) is 0 Å². The first kappa shape index (κ1) is 31.0. The zero-order chi connectivity index (χ0) is 32.5. The van der Waals surface area contributed by atoms with Crippen LogP contribution >= 0.6 is 0 Å². The van der Waals surface area contributed by atoms with Gasteiger partial charge in [0.15, 0.2) is 17.0 Å². The summed E-state index contributed by atoms with van der Waals surface area (Å²) < 4.78 is 28.0. The van der Waals surface area contributed by atoms with E-state index in [-0.39, 0.29) is 6.73 Å². The average molecular weight is 658 g/mol. The van der Waals surface area contributed by atoms with Gasteiger partial charge in [0, 0.05) is 71.6 Å². The minimum Gasteiger partial charge on any atom is -0.494 e. The first-order valence-electron chi connectivity index (χ1n) is 15.8. The summed E-state index contributed by atoms with van der Waals surface area (Å²) in [6.07, 6.45) is 7.16. The molecule has 1 saturated heterocycles. The number of pyridine rings is 1. The lowest BCUT2D eigenvalue weighted by Crippen LogP contribution is -2.39. The first-order chi connectivity index (χ1) is 22.8. The highest BCUT2D eigenvalue weighted by molar-refractivity contribution is 6.76. The molecule has 14 nitrogen and oxygen atoms in total. The van der Waals surface area contributed by atoms with E-state index < -0.39 is 13.8 Å². The number of nitrogens with one attached hydrogen (secondary N) is 1.